The summed E-state index contributed by atoms with van der Waals surface area (Å²) in [7, 11) is 0. The number of anilines is 1. The molecule has 0 aliphatic rings. The molecule has 7 heteroatoms. The lowest BCUT2D eigenvalue weighted by Gasteiger charge is -2.05. The van der Waals surface area contributed by atoms with Gasteiger partial charge in [-0.2, -0.15) is 0 Å². The van der Waals surface area contributed by atoms with Crippen LogP contribution < -0.4 is 5.32 Å². The topological polar surface area (TPSA) is 42.0 Å². The molecule has 1 aromatic carbocycles. The number of carbonyl (C=O) groups excluding carboxylic acids is 1. The molecule has 1 amide bonds. The minimum Gasteiger partial charge on any atom is -0.321 e. The predicted octanol–water partition coefficient (Wildman–Crippen LogP) is 3.51. The summed E-state index contributed by atoms with van der Waals surface area (Å²) in [5.41, 5.74) is 0.0256. The van der Waals surface area contributed by atoms with E-state index in [4.69, 9.17) is 0 Å². The van der Waals surface area contributed by atoms with E-state index in [0.717, 1.165) is 0 Å². The maximum Gasteiger partial charge on any atom is 0.255 e. The average molecular weight is 331 g/mol. The second-order valence-corrected chi connectivity index (χ2v) is 4.39. The Bertz CT molecular complexity index is 608. The van der Waals surface area contributed by atoms with E-state index in [1.54, 1.807) is 12.1 Å². The number of benzene rings is 1. The van der Waals surface area contributed by atoms with Crippen LogP contribution in [-0.2, 0) is 0 Å². The fourth-order valence-corrected chi connectivity index (χ4v) is 1.57. The van der Waals surface area contributed by atoms with Crippen LogP contribution >= 0.6 is 15.9 Å². The average Bonchev–Trinajstić information content (AvgIpc) is 2.38. The second kappa shape index (κ2) is 5.40. The van der Waals surface area contributed by atoms with Crippen LogP contribution in [-0.4, -0.2) is 10.9 Å². The molecule has 0 fully saturated rings. The number of carbonyl (C=O) groups is 1. The molecule has 0 bridgehead atoms. The Kier molecular flexibility index (Phi) is 3.84. The van der Waals surface area contributed by atoms with E-state index in [1.807, 2.05) is 0 Å². The molecule has 1 N–H and O–H groups in total. The van der Waals surface area contributed by atoms with Crippen LogP contribution in [0.25, 0.3) is 0 Å². The maximum atomic E-state index is 13.0. The van der Waals surface area contributed by atoms with Crippen molar-refractivity contribution in [1.82, 2.24) is 4.98 Å². The number of halogens is 4. The summed E-state index contributed by atoms with van der Waals surface area (Å²) < 4.78 is 39.3. The number of amides is 1. The first-order valence-corrected chi connectivity index (χ1v) is 5.84. The van der Waals surface area contributed by atoms with Crippen LogP contribution in [0.4, 0.5) is 18.9 Å². The summed E-state index contributed by atoms with van der Waals surface area (Å²) in [5, 5.41) is 2.38. The lowest BCUT2D eigenvalue weighted by molar-refractivity contribution is 0.102. The van der Waals surface area contributed by atoms with Crippen molar-refractivity contribution in [3.63, 3.8) is 0 Å². The molecule has 3 nitrogen and oxygen atoms in total. The SMILES string of the molecule is O=C(Nc1ccc(Br)nc1)c1cc(F)c(F)c(F)c1. The standard InChI is InChI=1S/C12H6BrF3N2O/c13-10-2-1-7(5-17-10)18-12(19)6-3-8(14)11(16)9(15)4-6/h1-5H,(H,18,19). The van der Waals surface area contributed by atoms with Crippen LogP contribution in [0.15, 0.2) is 35.1 Å². The molecule has 0 saturated heterocycles. The number of aromatic nitrogens is 1. The lowest BCUT2D eigenvalue weighted by atomic mass is 10.2. The highest BCUT2D eigenvalue weighted by molar-refractivity contribution is 9.10. The number of hydrogen-bond acceptors (Lipinski definition) is 2. The van der Waals surface area contributed by atoms with Crippen molar-refractivity contribution >= 4 is 27.5 Å². The molecule has 0 spiro atoms. The molecular formula is C12H6BrF3N2O. The number of nitrogens with zero attached hydrogens (tertiary/aromatic N) is 1. The van der Waals surface area contributed by atoms with E-state index in [0.29, 0.717) is 22.4 Å². The van der Waals surface area contributed by atoms with E-state index >= 15 is 0 Å². The van der Waals surface area contributed by atoms with Gasteiger partial charge < -0.3 is 5.32 Å². The van der Waals surface area contributed by atoms with Gasteiger partial charge in [0, 0.05) is 5.56 Å². The Morgan fingerprint density at radius 2 is 1.79 bits per heavy atom. The van der Waals surface area contributed by atoms with E-state index in [1.165, 1.54) is 6.20 Å². The molecule has 1 aromatic heterocycles. The van der Waals surface area contributed by atoms with Crippen LogP contribution in [0.2, 0.25) is 0 Å². The van der Waals surface area contributed by atoms with Crippen molar-refractivity contribution in [3.05, 3.63) is 58.1 Å². The van der Waals surface area contributed by atoms with Gasteiger partial charge in [0.2, 0.25) is 0 Å². The molecule has 0 atom stereocenters. The van der Waals surface area contributed by atoms with Gasteiger partial charge >= 0.3 is 0 Å². The lowest BCUT2D eigenvalue weighted by Crippen LogP contribution is -2.13. The van der Waals surface area contributed by atoms with Crippen LogP contribution in [0.3, 0.4) is 0 Å². The van der Waals surface area contributed by atoms with E-state index in [9.17, 15) is 18.0 Å². The summed E-state index contributed by atoms with van der Waals surface area (Å²) >= 11 is 3.12. The molecule has 2 rings (SSSR count). The zero-order valence-corrected chi connectivity index (χ0v) is 10.8. The van der Waals surface area contributed by atoms with E-state index < -0.39 is 23.4 Å². The van der Waals surface area contributed by atoms with Gasteiger partial charge in [-0.3, -0.25) is 4.79 Å². The second-order valence-electron chi connectivity index (χ2n) is 3.58. The molecule has 0 aliphatic heterocycles. The summed E-state index contributed by atoms with van der Waals surface area (Å²) in [6.07, 6.45) is 1.36. The van der Waals surface area contributed by atoms with Gasteiger partial charge in [-0.15, -0.1) is 0 Å². The summed E-state index contributed by atoms with van der Waals surface area (Å²) in [5.74, 6) is -5.21. The fraction of sp³-hybridized carbons (Fsp3) is 0. The zero-order chi connectivity index (χ0) is 14.0. The van der Waals surface area contributed by atoms with Gasteiger partial charge in [0.05, 0.1) is 11.9 Å². The fourth-order valence-electron chi connectivity index (χ4n) is 1.34. The molecule has 0 saturated carbocycles. The summed E-state index contributed by atoms with van der Waals surface area (Å²) in [4.78, 5) is 15.6. The minimum absolute atomic E-state index is 0.320. The molecule has 2 aromatic rings. The van der Waals surface area contributed by atoms with Gasteiger partial charge in [0.1, 0.15) is 4.60 Å². The highest BCUT2D eigenvalue weighted by Crippen LogP contribution is 2.16. The minimum atomic E-state index is -1.61. The Morgan fingerprint density at radius 1 is 1.16 bits per heavy atom. The van der Waals surface area contributed by atoms with Gasteiger partial charge in [0.15, 0.2) is 17.5 Å². The summed E-state index contributed by atoms with van der Waals surface area (Å²) in [6, 6.07) is 4.38. The van der Waals surface area contributed by atoms with Gasteiger partial charge in [0.25, 0.3) is 5.91 Å². The highest BCUT2D eigenvalue weighted by atomic mass is 79.9. The number of pyridine rings is 1. The van der Waals surface area contributed by atoms with Crippen molar-refractivity contribution in [2.24, 2.45) is 0 Å². The molecular weight excluding hydrogens is 325 g/mol. The first kappa shape index (κ1) is 13.5. The van der Waals surface area contributed by atoms with E-state index in [-0.39, 0.29) is 5.56 Å². The molecule has 19 heavy (non-hydrogen) atoms. The number of rotatable bonds is 2. The number of hydrogen-bond donors (Lipinski definition) is 1. The smallest absolute Gasteiger partial charge is 0.255 e. The Morgan fingerprint density at radius 3 is 2.32 bits per heavy atom. The third-order valence-corrected chi connectivity index (χ3v) is 2.70. The predicted molar refractivity (Wildman–Crippen MR) is 66.2 cm³/mol. The Labute approximate surface area is 114 Å². The van der Waals surface area contributed by atoms with Crippen LogP contribution in [0.5, 0.6) is 0 Å². The van der Waals surface area contributed by atoms with Crippen molar-refractivity contribution in [2.45, 2.75) is 0 Å². The van der Waals surface area contributed by atoms with Gasteiger partial charge in [-0.05, 0) is 40.2 Å². The first-order chi connectivity index (χ1) is 8.97. The summed E-state index contributed by atoms with van der Waals surface area (Å²) in [6.45, 7) is 0. The van der Waals surface area contributed by atoms with E-state index in [2.05, 4.69) is 26.2 Å². The molecule has 0 unspecified atom stereocenters. The van der Waals surface area contributed by atoms with Crippen molar-refractivity contribution in [1.29, 1.82) is 0 Å². The van der Waals surface area contributed by atoms with Gasteiger partial charge in [-0.1, -0.05) is 0 Å². The largest absolute Gasteiger partial charge is 0.321 e. The monoisotopic (exact) mass is 330 g/mol. The zero-order valence-electron chi connectivity index (χ0n) is 9.25. The quantitative estimate of drug-likeness (QED) is 0.676. The third kappa shape index (κ3) is 3.11. The molecule has 0 aliphatic carbocycles. The van der Waals surface area contributed by atoms with Crippen LogP contribution in [0.1, 0.15) is 10.4 Å². The Balaban J connectivity index is 2.23. The first-order valence-electron chi connectivity index (χ1n) is 5.05. The molecule has 0 radical (unpaired) electrons. The maximum absolute atomic E-state index is 13.0. The normalized spacial score (nSPS) is 10.3. The van der Waals surface area contributed by atoms with Crippen molar-refractivity contribution in [2.75, 3.05) is 5.32 Å². The number of nitrogens with one attached hydrogen (secondary N) is 1. The molecule has 98 valence electrons. The third-order valence-electron chi connectivity index (χ3n) is 2.23. The van der Waals surface area contributed by atoms with Crippen molar-refractivity contribution < 1.29 is 18.0 Å². The van der Waals surface area contributed by atoms with Crippen LogP contribution in [0, 0.1) is 17.5 Å². The Hall–Kier alpha value is -1.89. The van der Waals surface area contributed by atoms with Crippen molar-refractivity contribution in [3.8, 4) is 0 Å². The molecule has 1 heterocycles. The highest BCUT2D eigenvalue weighted by Gasteiger charge is 2.15. The van der Waals surface area contributed by atoms with Gasteiger partial charge in [-0.25, -0.2) is 18.2 Å².